The topological polar surface area (TPSA) is 71.2 Å². The standard InChI is InChI=1S/C26H20N2O3/c1-31-18-13-11-17(12-14-18)24-21(16-7-3-2-4-8-16)15-22(27-28-24)23-25(29)19-9-5-6-10-20(19)26(23)30/h2-15,21,24,29H,1H3/t21-,24-/m1/s1. The maximum Gasteiger partial charge on any atom is 0.199 e. The molecule has 2 atom stereocenters. The molecule has 0 radical (unpaired) electrons. The monoisotopic (exact) mass is 408 g/mol. The highest BCUT2D eigenvalue weighted by atomic mass is 16.5. The maximum atomic E-state index is 13.0. The van der Waals surface area contributed by atoms with Gasteiger partial charge >= 0.3 is 0 Å². The molecular formula is C26H20N2O3. The third-order valence-corrected chi connectivity index (χ3v) is 5.76. The summed E-state index contributed by atoms with van der Waals surface area (Å²) in [5, 5.41) is 19.7. The highest BCUT2D eigenvalue weighted by Gasteiger charge is 2.35. The number of carbonyl (C=O) groups excluding carboxylic acids is 1. The molecule has 3 aromatic carbocycles. The molecule has 31 heavy (non-hydrogen) atoms. The summed E-state index contributed by atoms with van der Waals surface area (Å²) in [6, 6.07) is 24.5. The first-order chi connectivity index (χ1) is 15.2. The summed E-state index contributed by atoms with van der Waals surface area (Å²) in [6.45, 7) is 0. The van der Waals surface area contributed by atoms with Crippen LogP contribution < -0.4 is 4.74 Å². The Bertz CT molecular complexity index is 1240. The van der Waals surface area contributed by atoms with Crippen LogP contribution in [0.15, 0.2) is 106 Å². The number of hydrogen-bond donors (Lipinski definition) is 1. The van der Waals surface area contributed by atoms with Gasteiger partial charge in [0.25, 0.3) is 0 Å². The average Bonchev–Trinajstić information content (AvgIpc) is 3.09. The first-order valence-corrected chi connectivity index (χ1v) is 10.1. The first-order valence-electron chi connectivity index (χ1n) is 10.1. The van der Waals surface area contributed by atoms with Crippen LogP contribution in [0.25, 0.3) is 5.76 Å². The van der Waals surface area contributed by atoms with Crippen LogP contribution in [-0.2, 0) is 0 Å². The predicted octanol–water partition coefficient (Wildman–Crippen LogP) is 6.04. The van der Waals surface area contributed by atoms with Gasteiger partial charge in [-0.3, -0.25) is 4.79 Å². The van der Waals surface area contributed by atoms with Gasteiger partial charge in [0.15, 0.2) is 5.78 Å². The van der Waals surface area contributed by atoms with Crippen molar-refractivity contribution in [1.29, 1.82) is 0 Å². The van der Waals surface area contributed by atoms with Crippen LogP contribution in [0.3, 0.4) is 0 Å². The van der Waals surface area contributed by atoms with Crippen molar-refractivity contribution in [3.05, 3.63) is 118 Å². The van der Waals surface area contributed by atoms with E-state index in [0.29, 0.717) is 16.8 Å². The van der Waals surface area contributed by atoms with Gasteiger partial charge in [0.2, 0.25) is 0 Å². The summed E-state index contributed by atoms with van der Waals surface area (Å²) in [5.74, 6) is 0.362. The van der Waals surface area contributed by atoms with E-state index >= 15 is 0 Å². The number of ketones is 1. The maximum absolute atomic E-state index is 13.0. The molecular weight excluding hydrogens is 388 g/mol. The minimum Gasteiger partial charge on any atom is -0.506 e. The second-order valence-corrected chi connectivity index (χ2v) is 7.52. The van der Waals surface area contributed by atoms with Crippen molar-refractivity contribution in [3.8, 4) is 5.75 Å². The van der Waals surface area contributed by atoms with Crippen molar-refractivity contribution in [2.24, 2.45) is 10.2 Å². The van der Waals surface area contributed by atoms with Crippen molar-refractivity contribution < 1.29 is 14.6 Å². The molecule has 3 aromatic rings. The lowest BCUT2D eigenvalue weighted by Gasteiger charge is -2.25. The van der Waals surface area contributed by atoms with Gasteiger partial charge in [-0.1, -0.05) is 66.7 Å². The van der Waals surface area contributed by atoms with E-state index in [2.05, 4.69) is 10.2 Å². The quantitative estimate of drug-likeness (QED) is 0.572. The molecule has 0 bridgehead atoms. The molecule has 0 aromatic heterocycles. The van der Waals surface area contributed by atoms with Crippen LogP contribution in [0.4, 0.5) is 0 Å². The van der Waals surface area contributed by atoms with Crippen molar-refractivity contribution in [2.45, 2.75) is 12.0 Å². The Morgan fingerprint density at radius 1 is 0.839 bits per heavy atom. The van der Waals surface area contributed by atoms with E-state index in [1.165, 1.54) is 0 Å². The number of allylic oxidation sites excluding steroid dienone is 1. The zero-order valence-corrected chi connectivity index (χ0v) is 16.9. The molecule has 5 heteroatoms. The molecule has 5 nitrogen and oxygen atoms in total. The Balaban J connectivity index is 1.58. The van der Waals surface area contributed by atoms with Crippen LogP contribution in [0, 0.1) is 0 Å². The normalized spacial score (nSPS) is 19.9. The Kier molecular flexibility index (Phi) is 4.71. The highest BCUT2D eigenvalue weighted by Crippen LogP contribution is 2.44. The molecule has 1 aliphatic heterocycles. The average molecular weight is 408 g/mol. The van der Waals surface area contributed by atoms with Gasteiger partial charge in [0.1, 0.15) is 17.6 Å². The number of carbonyl (C=O) groups is 1. The number of aliphatic hydroxyl groups excluding tert-OH is 1. The summed E-state index contributed by atoms with van der Waals surface area (Å²) in [7, 11) is 1.63. The first kappa shape index (κ1) is 19.0. The molecule has 1 aliphatic carbocycles. The van der Waals surface area contributed by atoms with E-state index in [1.54, 1.807) is 31.4 Å². The summed E-state index contributed by atoms with van der Waals surface area (Å²) in [4.78, 5) is 13.0. The van der Waals surface area contributed by atoms with Crippen molar-refractivity contribution >= 4 is 11.5 Å². The van der Waals surface area contributed by atoms with Gasteiger partial charge in [-0.15, -0.1) is 0 Å². The van der Waals surface area contributed by atoms with Gasteiger partial charge in [0.05, 0.1) is 18.4 Å². The van der Waals surface area contributed by atoms with Gasteiger partial charge in [-0.2, -0.15) is 10.2 Å². The van der Waals surface area contributed by atoms with E-state index in [4.69, 9.17) is 4.74 Å². The number of Topliss-reactive ketones (excluding diaryl/α,β-unsaturated/α-hetero) is 1. The lowest BCUT2D eigenvalue weighted by molar-refractivity contribution is 0.103. The largest absolute Gasteiger partial charge is 0.506 e. The Morgan fingerprint density at radius 2 is 1.52 bits per heavy atom. The van der Waals surface area contributed by atoms with Gasteiger partial charge in [0, 0.05) is 17.0 Å². The van der Waals surface area contributed by atoms with E-state index in [9.17, 15) is 9.90 Å². The van der Waals surface area contributed by atoms with Crippen molar-refractivity contribution in [3.63, 3.8) is 0 Å². The van der Waals surface area contributed by atoms with Crippen LogP contribution in [-0.4, -0.2) is 18.0 Å². The molecule has 0 spiro atoms. The lowest BCUT2D eigenvalue weighted by atomic mass is 9.85. The third-order valence-electron chi connectivity index (χ3n) is 5.76. The molecule has 0 unspecified atom stereocenters. The highest BCUT2D eigenvalue weighted by molar-refractivity contribution is 6.22. The minimum atomic E-state index is -0.251. The fourth-order valence-corrected chi connectivity index (χ4v) is 4.16. The van der Waals surface area contributed by atoms with E-state index < -0.39 is 0 Å². The number of ether oxygens (including phenoxy) is 1. The van der Waals surface area contributed by atoms with Gasteiger partial charge < -0.3 is 9.84 Å². The fraction of sp³-hybridized carbons (Fsp3) is 0.115. The van der Waals surface area contributed by atoms with Crippen LogP contribution >= 0.6 is 0 Å². The van der Waals surface area contributed by atoms with E-state index in [1.807, 2.05) is 60.7 Å². The van der Waals surface area contributed by atoms with Gasteiger partial charge in [-0.25, -0.2) is 0 Å². The Morgan fingerprint density at radius 3 is 2.19 bits per heavy atom. The SMILES string of the molecule is COc1ccc([C@H]2N=NC(C3=C(O)c4ccccc4C3=O)=C[C@@H]2c2ccccc2)cc1. The number of methoxy groups -OCH3 is 1. The second-order valence-electron chi connectivity index (χ2n) is 7.52. The zero-order valence-electron chi connectivity index (χ0n) is 16.9. The van der Waals surface area contributed by atoms with Crippen LogP contribution in [0.5, 0.6) is 5.75 Å². The third kappa shape index (κ3) is 3.24. The molecule has 0 saturated carbocycles. The Labute approximate surface area is 180 Å². The van der Waals surface area contributed by atoms with Crippen molar-refractivity contribution in [1.82, 2.24) is 0 Å². The molecule has 0 saturated heterocycles. The summed E-state index contributed by atoms with van der Waals surface area (Å²) in [6.07, 6.45) is 1.94. The zero-order chi connectivity index (χ0) is 21.4. The van der Waals surface area contributed by atoms with Crippen LogP contribution in [0.1, 0.15) is 39.0 Å². The van der Waals surface area contributed by atoms with Gasteiger partial charge in [-0.05, 0) is 29.3 Å². The molecule has 5 rings (SSSR count). The number of hydrogen-bond acceptors (Lipinski definition) is 5. The molecule has 2 aliphatic rings. The number of benzene rings is 3. The molecule has 0 amide bonds. The lowest BCUT2D eigenvalue weighted by Crippen LogP contribution is -2.13. The van der Waals surface area contributed by atoms with E-state index in [-0.39, 0.29) is 29.1 Å². The number of aliphatic hydroxyl groups is 1. The van der Waals surface area contributed by atoms with Crippen molar-refractivity contribution in [2.75, 3.05) is 7.11 Å². The Hall–Kier alpha value is -3.99. The number of fused-ring (bicyclic) bond motifs is 1. The fourth-order valence-electron chi connectivity index (χ4n) is 4.16. The summed E-state index contributed by atoms with van der Waals surface area (Å²) >= 11 is 0. The molecule has 0 fully saturated rings. The molecule has 1 heterocycles. The second kappa shape index (κ2) is 7.69. The summed E-state index contributed by atoms with van der Waals surface area (Å²) in [5.41, 5.74) is 3.68. The number of nitrogens with zero attached hydrogens (tertiary/aromatic N) is 2. The summed E-state index contributed by atoms with van der Waals surface area (Å²) < 4.78 is 5.27. The molecule has 152 valence electrons. The molecule has 1 N–H and O–H groups in total. The predicted molar refractivity (Wildman–Crippen MR) is 118 cm³/mol. The number of azo groups is 1. The van der Waals surface area contributed by atoms with Crippen LogP contribution in [0.2, 0.25) is 0 Å². The minimum absolute atomic E-state index is 0.0412. The van der Waals surface area contributed by atoms with E-state index in [0.717, 1.165) is 16.9 Å². The smallest absolute Gasteiger partial charge is 0.199 e. The number of rotatable bonds is 4.